The van der Waals surface area contributed by atoms with E-state index in [1.165, 1.54) is 11.3 Å². The summed E-state index contributed by atoms with van der Waals surface area (Å²) in [6.07, 6.45) is 4.72. The Kier molecular flexibility index (Phi) is 6.36. The van der Waals surface area contributed by atoms with Gasteiger partial charge in [0.1, 0.15) is 0 Å². The Morgan fingerprint density at radius 3 is 3.10 bits per heavy atom. The number of rotatable bonds is 4. The van der Waals surface area contributed by atoms with Crippen LogP contribution in [-0.4, -0.2) is 53.5 Å². The number of nitrogens with zero attached hydrogens (tertiary/aromatic N) is 3. The molecule has 0 aromatic carbocycles. The zero-order valence-corrected chi connectivity index (χ0v) is 14.1. The predicted octanol–water partition coefficient (Wildman–Crippen LogP) is 2.27. The quantitative estimate of drug-likeness (QED) is 0.684. The molecule has 1 unspecified atom stereocenters. The summed E-state index contributed by atoms with van der Waals surface area (Å²) in [4.78, 5) is 11.0. The lowest BCUT2D eigenvalue weighted by atomic mass is 10.1. The van der Waals surface area contributed by atoms with Crippen molar-refractivity contribution in [2.24, 2.45) is 10.9 Å². The Labute approximate surface area is 132 Å². The largest absolute Gasteiger partial charge is 0.356 e. The summed E-state index contributed by atoms with van der Waals surface area (Å²) >= 11 is 2.09. The maximum Gasteiger partial charge on any atom is 0.193 e. The molecule has 1 saturated heterocycles. The first-order valence-electron chi connectivity index (χ1n) is 7.67. The van der Waals surface area contributed by atoms with Gasteiger partial charge in [0.25, 0.3) is 0 Å². The lowest BCUT2D eigenvalue weighted by molar-refractivity contribution is 0.381. The number of thioether (sulfide) groups is 1. The smallest absolute Gasteiger partial charge is 0.193 e. The highest BCUT2D eigenvalue weighted by atomic mass is 32.2. The summed E-state index contributed by atoms with van der Waals surface area (Å²) < 4.78 is 0. The maximum atomic E-state index is 4.44. The van der Waals surface area contributed by atoms with E-state index in [0.717, 1.165) is 32.0 Å². The Bertz CT molecular complexity index is 447. The SMILES string of the molecule is CN=C(NCCc1cccnc1)N1CCSC(C(C)C)C1. The van der Waals surface area contributed by atoms with E-state index in [4.69, 9.17) is 0 Å². The summed E-state index contributed by atoms with van der Waals surface area (Å²) in [6.45, 7) is 7.68. The molecular weight excluding hydrogens is 280 g/mol. The molecule has 0 bridgehead atoms. The molecule has 1 aliphatic rings. The van der Waals surface area contributed by atoms with Crippen LogP contribution in [0.15, 0.2) is 29.5 Å². The molecule has 21 heavy (non-hydrogen) atoms. The van der Waals surface area contributed by atoms with E-state index in [0.29, 0.717) is 11.2 Å². The van der Waals surface area contributed by atoms with E-state index in [-0.39, 0.29) is 0 Å². The van der Waals surface area contributed by atoms with Crippen LogP contribution < -0.4 is 5.32 Å². The van der Waals surface area contributed by atoms with E-state index in [2.05, 4.69) is 51.9 Å². The highest BCUT2D eigenvalue weighted by Gasteiger charge is 2.24. The van der Waals surface area contributed by atoms with Crippen LogP contribution in [0.1, 0.15) is 19.4 Å². The minimum Gasteiger partial charge on any atom is -0.356 e. The number of guanidine groups is 1. The highest BCUT2D eigenvalue weighted by Crippen LogP contribution is 2.24. The molecule has 5 heteroatoms. The molecule has 0 amide bonds. The van der Waals surface area contributed by atoms with Gasteiger partial charge in [-0.15, -0.1) is 0 Å². The van der Waals surface area contributed by atoms with Crippen molar-refractivity contribution in [2.45, 2.75) is 25.5 Å². The van der Waals surface area contributed by atoms with Crippen molar-refractivity contribution in [1.29, 1.82) is 0 Å². The van der Waals surface area contributed by atoms with Crippen molar-refractivity contribution in [2.75, 3.05) is 32.4 Å². The molecule has 1 N–H and O–H groups in total. The molecule has 2 rings (SSSR count). The van der Waals surface area contributed by atoms with Gasteiger partial charge in [-0.1, -0.05) is 19.9 Å². The van der Waals surface area contributed by atoms with Crippen molar-refractivity contribution in [3.05, 3.63) is 30.1 Å². The summed E-state index contributed by atoms with van der Waals surface area (Å²) in [5.74, 6) is 2.93. The Balaban J connectivity index is 1.82. The fourth-order valence-electron chi connectivity index (χ4n) is 2.47. The topological polar surface area (TPSA) is 40.5 Å². The van der Waals surface area contributed by atoms with Gasteiger partial charge in [-0.25, -0.2) is 0 Å². The van der Waals surface area contributed by atoms with Crippen molar-refractivity contribution in [3.8, 4) is 0 Å². The van der Waals surface area contributed by atoms with Gasteiger partial charge in [-0.3, -0.25) is 9.98 Å². The van der Waals surface area contributed by atoms with Crippen LogP contribution in [0.3, 0.4) is 0 Å². The predicted molar refractivity (Wildman–Crippen MR) is 92.0 cm³/mol. The van der Waals surface area contributed by atoms with Crippen molar-refractivity contribution < 1.29 is 0 Å². The lowest BCUT2D eigenvalue weighted by Crippen LogP contribution is -2.49. The van der Waals surface area contributed by atoms with Crippen LogP contribution in [-0.2, 0) is 6.42 Å². The standard InChI is InChI=1S/C16H26N4S/c1-13(2)15-12-20(9-10-21-15)16(17-3)19-8-6-14-5-4-7-18-11-14/h4-5,7,11,13,15H,6,8-10,12H2,1-3H3,(H,17,19). The Hall–Kier alpha value is -1.23. The van der Waals surface area contributed by atoms with Crippen LogP contribution in [0.2, 0.25) is 0 Å². The molecule has 1 aromatic heterocycles. The molecule has 0 spiro atoms. The molecule has 0 saturated carbocycles. The summed E-state index contributed by atoms with van der Waals surface area (Å²) in [6, 6.07) is 4.10. The number of nitrogens with one attached hydrogen (secondary N) is 1. The van der Waals surface area contributed by atoms with E-state index >= 15 is 0 Å². The van der Waals surface area contributed by atoms with Gasteiger partial charge < -0.3 is 10.2 Å². The van der Waals surface area contributed by atoms with Crippen LogP contribution >= 0.6 is 11.8 Å². The third-order valence-electron chi connectivity index (χ3n) is 3.77. The van der Waals surface area contributed by atoms with Crippen molar-refractivity contribution >= 4 is 17.7 Å². The average molecular weight is 306 g/mol. The fourth-order valence-corrected chi connectivity index (χ4v) is 3.77. The minimum atomic E-state index is 0.704. The zero-order chi connectivity index (χ0) is 15.1. The monoisotopic (exact) mass is 306 g/mol. The van der Waals surface area contributed by atoms with E-state index in [1.807, 2.05) is 25.5 Å². The molecule has 1 fully saturated rings. The first kappa shape index (κ1) is 16.1. The van der Waals surface area contributed by atoms with Crippen LogP contribution in [0, 0.1) is 5.92 Å². The number of hydrogen-bond acceptors (Lipinski definition) is 3. The number of aromatic nitrogens is 1. The highest BCUT2D eigenvalue weighted by molar-refractivity contribution is 8.00. The molecule has 0 radical (unpaired) electrons. The van der Waals surface area contributed by atoms with Gasteiger partial charge in [0.15, 0.2) is 5.96 Å². The number of hydrogen-bond donors (Lipinski definition) is 1. The van der Waals surface area contributed by atoms with Gasteiger partial charge in [0, 0.05) is 50.1 Å². The third kappa shape index (κ3) is 4.92. The fraction of sp³-hybridized carbons (Fsp3) is 0.625. The van der Waals surface area contributed by atoms with Crippen LogP contribution in [0.25, 0.3) is 0 Å². The number of aliphatic imine (C=N–C) groups is 1. The normalized spacial score (nSPS) is 19.9. The first-order chi connectivity index (χ1) is 10.2. The Morgan fingerprint density at radius 2 is 2.43 bits per heavy atom. The minimum absolute atomic E-state index is 0.704. The summed E-state index contributed by atoms with van der Waals surface area (Å²) in [7, 11) is 1.87. The zero-order valence-electron chi connectivity index (χ0n) is 13.2. The number of pyridine rings is 1. The van der Waals surface area contributed by atoms with E-state index in [9.17, 15) is 0 Å². The van der Waals surface area contributed by atoms with Gasteiger partial charge in [-0.05, 0) is 24.0 Å². The average Bonchev–Trinajstić information content (AvgIpc) is 2.52. The van der Waals surface area contributed by atoms with Crippen LogP contribution in [0.4, 0.5) is 0 Å². The van der Waals surface area contributed by atoms with E-state index < -0.39 is 0 Å². The second-order valence-electron chi connectivity index (χ2n) is 5.68. The molecule has 1 aliphatic heterocycles. The van der Waals surface area contributed by atoms with Gasteiger partial charge in [0.2, 0.25) is 0 Å². The molecule has 1 atom stereocenters. The lowest BCUT2D eigenvalue weighted by Gasteiger charge is -2.36. The second-order valence-corrected chi connectivity index (χ2v) is 7.03. The van der Waals surface area contributed by atoms with Crippen molar-refractivity contribution in [1.82, 2.24) is 15.2 Å². The summed E-state index contributed by atoms with van der Waals surface area (Å²) in [5, 5.41) is 4.19. The summed E-state index contributed by atoms with van der Waals surface area (Å²) in [5.41, 5.74) is 1.26. The van der Waals surface area contributed by atoms with E-state index in [1.54, 1.807) is 0 Å². The van der Waals surface area contributed by atoms with Crippen molar-refractivity contribution in [3.63, 3.8) is 0 Å². The molecule has 2 heterocycles. The second kappa shape index (κ2) is 8.27. The van der Waals surface area contributed by atoms with Gasteiger partial charge in [-0.2, -0.15) is 11.8 Å². The maximum absolute atomic E-state index is 4.44. The van der Waals surface area contributed by atoms with Gasteiger partial charge in [0.05, 0.1) is 0 Å². The molecule has 0 aliphatic carbocycles. The third-order valence-corrected chi connectivity index (χ3v) is 5.31. The molecular formula is C16H26N4S. The first-order valence-corrected chi connectivity index (χ1v) is 8.71. The molecule has 116 valence electrons. The van der Waals surface area contributed by atoms with Gasteiger partial charge >= 0.3 is 0 Å². The molecule has 1 aromatic rings. The van der Waals surface area contributed by atoms with Crippen LogP contribution in [0.5, 0.6) is 0 Å². The Morgan fingerprint density at radius 1 is 1.57 bits per heavy atom. The molecule has 4 nitrogen and oxygen atoms in total.